The summed E-state index contributed by atoms with van der Waals surface area (Å²) in [5, 5.41) is 24.0. The normalized spacial score (nSPS) is 13.3. The molecule has 1 aliphatic rings. The number of ether oxygens (including phenoxy) is 1. The molecule has 0 fully saturated rings. The van der Waals surface area contributed by atoms with Gasteiger partial charge in [0.25, 0.3) is 5.91 Å². The van der Waals surface area contributed by atoms with E-state index in [1.165, 1.54) is 18.6 Å². The number of nitrogens with zero attached hydrogens (tertiary/aromatic N) is 2. The molecule has 2 aromatic rings. The van der Waals surface area contributed by atoms with Gasteiger partial charge in [-0.05, 0) is 68.4 Å². The van der Waals surface area contributed by atoms with Crippen LogP contribution in [0.2, 0.25) is 0 Å². The van der Waals surface area contributed by atoms with E-state index in [-0.39, 0.29) is 29.7 Å². The van der Waals surface area contributed by atoms with Gasteiger partial charge in [0.15, 0.2) is 0 Å². The Hall–Kier alpha value is -3.51. The molecule has 9 heteroatoms. The quantitative estimate of drug-likeness (QED) is 0.432. The molecule has 180 valence electrons. The fourth-order valence-corrected chi connectivity index (χ4v) is 3.91. The molecule has 8 nitrogen and oxygen atoms in total. The summed E-state index contributed by atoms with van der Waals surface area (Å²) in [6.07, 6.45) is 4.76. The summed E-state index contributed by atoms with van der Waals surface area (Å²) in [4.78, 5) is 28.7. The van der Waals surface area contributed by atoms with E-state index in [2.05, 4.69) is 27.8 Å². The van der Waals surface area contributed by atoms with Crippen molar-refractivity contribution in [3.8, 4) is 6.07 Å². The van der Waals surface area contributed by atoms with E-state index in [0.29, 0.717) is 6.61 Å². The van der Waals surface area contributed by atoms with Crippen molar-refractivity contribution < 1.29 is 23.8 Å². The Bertz CT molecular complexity index is 1060. The number of carboxylic acid groups (broad SMARTS) is 1. The molecule has 0 saturated heterocycles. The first-order valence-electron chi connectivity index (χ1n) is 11.4. The fraction of sp³-hybridized carbons (Fsp3) is 0.440. The maximum absolute atomic E-state index is 14.2. The summed E-state index contributed by atoms with van der Waals surface area (Å²) in [6, 6.07) is 7.13. The van der Waals surface area contributed by atoms with Gasteiger partial charge in [-0.15, -0.1) is 0 Å². The van der Waals surface area contributed by atoms with E-state index < -0.39 is 23.7 Å². The van der Waals surface area contributed by atoms with Gasteiger partial charge in [0.1, 0.15) is 17.7 Å². The summed E-state index contributed by atoms with van der Waals surface area (Å²) in [7, 11) is 0. The van der Waals surface area contributed by atoms with Crippen LogP contribution >= 0.6 is 0 Å². The minimum Gasteiger partial charge on any atom is -0.480 e. The number of anilines is 1. The Balaban J connectivity index is 1.39. The number of benzene rings is 1. The predicted molar refractivity (Wildman–Crippen MR) is 124 cm³/mol. The second-order valence-corrected chi connectivity index (χ2v) is 8.32. The average Bonchev–Trinajstić information content (AvgIpc) is 2.81. The number of aryl methyl sites for hydroxylation is 3. The third-order valence-corrected chi connectivity index (χ3v) is 5.72. The van der Waals surface area contributed by atoms with Crippen molar-refractivity contribution >= 4 is 17.7 Å². The number of aromatic nitrogens is 1. The van der Waals surface area contributed by atoms with Gasteiger partial charge >= 0.3 is 5.97 Å². The fourth-order valence-electron chi connectivity index (χ4n) is 3.91. The molecule has 1 atom stereocenters. The number of aliphatic carboxylic acids is 1. The van der Waals surface area contributed by atoms with E-state index in [9.17, 15) is 19.1 Å². The van der Waals surface area contributed by atoms with Crippen molar-refractivity contribution in [1.82, 2.24) is 10.3 Å². The van der Waals surface area contributed by atoms with Gasteiger partial charge < -0.3 is 20.5 Å². The van der Waals surface area contributed by atoms with E-state index in [4.69, 9.17) is 10.00 Å². The number of rotatable bonds is 11. The van der Waals surface area contributed by atoms with Gasteiger partial charge in [0, 0.05) is 31.9 Å². The molecule has 1 amide bonds. The zero-order chi connectivity index (χ0) is 24.5. The Labute approximate surface area is 198 Å². The van der Waals surface area contributed by atoms with Gasteiger partial charge in [-0.2, -0.15) is 5.26 Å². The third kappa shape index (κ3) is 6.75. The molecule has 0 aliphatic carbocycles. The number of carbonyl (C=O) groups is 2. The SMILES string of the molecule is Cc1cc(C#N)cc(F)c1C(=O)NC(CCOCCCCc1ccc2c(n1)NCCC2)C(=O)O. The van der Waals surface area contributed by atoms with Crippen molar-refractivity contribution in [2.75, 3.05) is 25.1 Å². The molecule has 1 aromatic heterocycles. The van der Waals surface area contributed by atoms with Gasteiger partial charge in [-0.25, -0.2) is 14.2 Å². The number of carbonyl (C=O) groups excluding carboxylic acids is 1. The first-order valence-corrected chi connectivity index (χ1v) is 11.4. The minimum absolute atomic E-state index is 0.0517. The van der Waals surface area contributed by atoms with E-state index in [0.717, 1.165) is 56.2 Å². The lowest BCUT2D eigenvalue weighted by atomic mass is 10.0. The van der Waals surface area contributed by atoms with Crippen molar-refractivity contribution in [3.05, 3.63) is 58.0 Å². The number of pyridine rings is 1. The lowest BCUT2D eigenvalue weighted by Gasteiger charge is -2.17. The molecule has 0 spiro atoms. The number of amides is 1. The summed E-state index contributed by atoms with van der Waals surface area (Å²) in [5.41, 5.74) is 2.38. The van der Waals surface area contributed by atoms with Gasteiger partial charge in [-0.1, -0.05) is 6.07 Å². The van der Waals surface area contributed by atoms with Gasteiger partial charge in [0.2, 0.25) is 0 Å². The third-order valence-electron chi connectivity index (χ3n) is 5.72. The second-order valence-electron chi connectivity index (χ2n) is 8.32. The number of halogens is 1. The lowest BCUT2D eigenvalue weighted by molar-refractivity contribution is -0.139. The van der Waals surface area contributed by atoms with E-state index in [1.807, 2.05) is 6.07 Å². The number of fused-ring (bicyclic) bond motifs is 1. The van der Waals surface area contributed by atoms with Crippen molar-refractivity contribution in [3.63, 3.8) is 0 Å². The van der Waals surface area contributed by atoms with E-state index in [1.54, 1.807) is 0 Å². The number of hydrogen-bond acceptors (Lipinski definition) is 6. The average molecular weight is 469 g/mol. The molecule has 0 saturated carbocycles. The Morgan fingerprint density at radius 3 is 2.88 bits per heavy atom. The van der Waals surface area contributed by atoms with Crippen LogP contribution in [0.4, 0.5) is 10.2 Å². The number of hydrogen-bond donors (Lipinski definition) is 3. The molecule has 1 aromatic carbocycles. The zero-order valence-electron chi connectivity index (χ0n) is 19.2. The Morgan fingerprint density at radius 2 is 2.15 bits per heavy atom. The highest BCUT2D eigenvalue weighted by Gasteiger charge is 2.23. The first kappa shape index (κ1) is 25.1. The first-order chi connectivity index (χ1) is 16.4. The topological polar surface area (TPSA) is 124 Å². The maximum atomic E-state index is 14.2. The largest absolute Gasteiger partial charge is 0.480 e. The highest BCUT2D eigenvalue weighted by Crippen LogP contribution is 2.20. The standard InChI is InChI=1S/C25H29FN4O4/c1-16-13-17(15-27)14-20(26)22(16)24(31)30-21(25(32)33)9-12-34-11-3-2-6-19-8-7-18-5-4-10-28-23(18)29-19/h7-8,13-14,21H,2-6,9-12H2,1H3,(H,28,29)(H,30,31)(H,32,33). The number of unbranched alkanes of at least 4 members (excludes halogenated alkanes) is 1. The van der Waals surface area contributed by atoms with Crippen LogP contribution < -0.4 is 10.6 Å². The van der Waals surface area contributed by atoms with Crippen LogP contribution in [0, 0.1) is 24.1 Å². The summed E-state index contributed by atoms with van der Waals surface area (Å²) in [6.45, 7) is 3.06. The van der Waals surface area contributed by atoms with Gasteiger partial charge in [0.05, 0.1) is 17.2 Å². The maximum Gasteiger partial charge on any atom is 0.326 e. The lowest BCUT2D eigenvalue weighted by Crippen LogP contribution is -2.42. The number of nitriles is 1. The highest BCUT2D eigenvalue weighted by molar-refractivity contribution is 5.98. The van der Waals surface area contributed by atoms with Crippen LogP contribution in [0.1, 0.15) is 58.4 Å². The monoisotopic (exact) mass is 468 g/mol. The van der Waals surface area contributed by atoms with Crippen LogP contribution in [0.25, 0.3) is 0 Å². The van der Waals surface area contributed by atoms with Crippen molar-refractivity contribution in [2.24, 2.45) is 0 Å². The smallest absolute Gasteiger partial charge is 0.326 e. The number of carboxylic acids is 1. The van der Waals surface area contributed by atoms with Gasteiger partial charge in [-0.3, -0.25) is 4.79 Å². The zero-order valence-corrected chi connectivity index (χ0v) is 19.2. The molecule has 0 bridgehead atoms. The van der Waals surface area contributed by atoms with Crippen LogP contribution in [0.5, 0.6) is 0 Å². The number of nitrogens with one attached hydrogen (secondary N) is 2. The van der Waals surface area contributed by atoms with Crippen molar-refractivity contribution in [1.29, 1.82) is 5.26 Å². The molecule has 3 rings (SSSR count). The molecule has 1 unspecified atom stereocenters. The summed E-state index contributed by atoms with van der Waals surface area (Å²) < 4.78 is 19.8. The predicted octanol–water partition coefficient (Wildman–Crippen LogP) is 3.37. The van der Waals surface area contributed by atoms with Crippen LogP contribution in [0.15, 0.2) is 24.3 Å². The van der Waals surface area contributed by atoms with Crippen molar-refractivity contribution in [2.45, 2.75) is 51.5 Å². The Morgan fingerprint density at radius 1 is 1.32 bits per heavy atom. The minimum atomic E-state index is -1.23. The molecule has 0 radical (unpaired) electrons. The molecule has 1 aliphatic heterocycles. The van der Waals surface area contributed by atoms with E-state index >= 15 is 0 Å². The van der Waals surface area contributed by atoms with Crippen LogP contribution in [0.3, 0.4) is 0 Å². The molecule has 2 heterocycles. The molecular formula is C25H29FN4O4. The highest BCUT2D eigenvalue weighted by atomic mass is 19.1. The Kier molecular flexibility index (Phi) is 8.93. The second kappa shape index (κ2) is 12.1. The van der Waals surface area contributed by atoms with Crippen LogP contribution in [-0.2, 0) is 22.4 Å². The molecular weight excluding hydrogens is 439 g/mol. The summed E-state index contributed by atoms with van der Waals surface area (Å²) >= 11 is 0. The molecule has 34 heavy (non-hydrogen) atoms. The summed E-state index contributed by atoms with van der Waals surface area (Å²) in [5.74, 6) is -1.94. The molecule has 3 N–H and O–H groups in total. The van der Waals surface area contributed by atoms with Crippen LogP contribution in [-0.4, -0.2) is 47.8 Å².